The van der Waals surface area contributed by atoms with Crippen molar-refractivity contribution < 1.29 is 9.59 Å². The molecule has 2 N–H and O–H groups in total. The molecule has 0 atom stereocenters. The average Bonchev–Trinajstić information content (AvgIpc) is 2.69. The Bertz CT molecular complexity index is 1030. The molecule has 29 heavy (non-hydrogen) atoms. The number of benzene rings is 3. The summed E-state index contributed by atoms with van der Waals surface area (Å²) in [5, 5.41) is 6.18. The number of carbonyl (C=O) groups is 2. The number of anilines is 2. The van der Waals surface area contributed by atoms with E-state index in [1.807, 2.05) is 50.2 Å². The second kappa shape index (κ2) is 9.22. The minimum atomic E-state index is -0.495. The number of aryl methyl sites for hydroxylation is 2. The monoisotopic (exact) mass is 404 g/mol. The van der Waals surface area contributed by atoms with Crippen molar-refractivity contribution in [2.45, 2.75) is 13.8 Å². The van der Waals surface area contributed by atoms with Gasteiger partial charge in [0.25, 0.3) is 11.8 Å². The Morgan fingerprint density at radius 3 is 1.76 bits per heavy atom. The summed E-state index contributed by atoms with van der Waals surface area (Å²) >= 11 is 6.06. The van der Waals surface area contributed by atoms with Crippen LogP contribution >= 0.6 is 11.6 Å². The molecule has 0 radical (unpaired) electrons. The van der Waals surface area contributed by atoms with Gasteiger partial charge in [0.2, 0.25) is 0 Å². The second-order valence-corrected chi connectivity index (χ2v) is 7.09. The highest BCUT2D eigenvalue weighted by molar-refractivity contribution is 6.31. The van der Waals surface area contributed by atoms with Crippen LogP contribution in [0.5, 0.6) is 0 Å². The first kappa shape index (κ1) is 20.4. The molecule has 146 valence electrons. The van der Waals surface area contributed by atoms with E-state index in [0.717, 1.165) is 11.1 Å². The summed E-state index contributed by atoms with van der Waals surface area (Å²) in [6.07, 6.45) is 1.53. The van der Waals surface area contributed by atoms with Gasteiger partial charge in [-0.05, 0) is 60.9 Å². The predicted octanol–water partition coefficient (Wildman–Crippen LogP) is 5.62. The number of halogens is 1. The highest BCUT2D eigenvalue weighted by Crippen LogP contribution is 2.20. The number of nitrogens with one attached hydrogen (secondary N) is 2. The largest absolute Gasteiger partial charge is 0.322 e. The van der Waals surface area contributed by atoms with Gasteiger partial charge in [-0.3, -0.25) is 9.59 Å². The lowest BCUT2D eigenvalue weighted by Gasteiger charge is -2.13. The van der Waals surface area contributed by atoms with Crippen LogP contribution in [-0.2, 0) is 9.59 Å². The lowest BCUT2D eigenvalue weighted by atomic mass is 10.1. The quantitative estimate of drug-likeness (QED) is 0.329. The summed E-state index contributed by atoms with van der Waals surface area (Å²) in [6.45, 7) is 3.78. The van der Waals surface area contributed by atoms with Crippen LogP contribution in [-0.4, -0.2) is 11.8 Å². The second-order valence-electron chi connectivity index (χ2n) is 6.65. The predicted molar refractivity (Wildman–Crippen MR) is 119 cm³/mol. The van der Waals surface area contributed by atoms with Gasteiger partial charge in [-0.1, -0.05) is 60.1 Å². The van der Waals surface area contributed by atoms with E-state index in [9.17, 15) is 9.59 Å². The molecule has 0 aliphatic carbocycles. The van der Waals surface area contributed by atoms with Crippen molar-refractivity contribution in [1.29, 1.82) is 0 Å². The highest BCUT2D eigenvalue weighted by atomic mass is 35.5. The summed E-state index contributed by atoms with van der Waals surface area (Å²) < 4.78 is 0. The van der Waals surface area contributed by atoms with Crippen LogP contribution < -0.4 is 10.6 Å². The molecule has 4 nitrogen and oxygen atoms in total. The molecule has 0 unspecified atom stereocenters. The minimum absolute atomic E-state index is 0.0150. The van der Waals surface area contributed by atoms with E-state index in [-0.39, 0.29) is 5.57 Å². The van der Waals surface area contributed by atoms with Crippen molar-refractivity contribution in [3.8, 4) is 0 Å². The number of amides is 2. The Kier molecular flexibility index (Phi) is 6.47. The molecule has 0 bridgehead atoms. The first-order valence-electron chi connectivity index (χ1n) is 9.15. The summed E-state index contributed by atoms with van der Waals surface area (Å²) in [7, 11) is 0. The lowest BCUT2D eigenvalue weighted by Crippen LogP contribution is -2.25. The zero-order valence-corrected chi connectivity index (χ0v) is 17.0. The summed E-state index contributed by atoms with van der Waals surface area (Å²) in [5.74, 6) is -0.990. The van der Waals surface area contributed by atoms with Crippen LogP contribution in [0.3, 0.4) is 0 Å². The molecule has 5 heteroatoms. The fourth-order valence-electron chi connectivity index (χ4n) is 2.80. The molecule has 0 saturated carbocycles. The number of hydrogen-bond acceptors (Lipinski definition) is 2. The molecule has 0 spiro atoms. The molecule has 3 rings (SSSR count). The zero-order chi connectivity index (χ0) is 20.8. The Morgan fingerprint density at radius 1 is 0.759 bits per heavy atom. The summed E-state index contributed by atoms with van der Waals surface area (Å²) in [6, 6.07) is 21.8. The molecule has 0 aliphatic heterocycles. The maximum absolute atomic E-state index is 13.0. The SMILES string of the molecule is Cc1ccccc1NC(=O)C(=Cc1cccc(Cl)c1)C(=O)Nc1ccccc1C. The smallest absolute Gasteiger partial charge is 0.261 e. The van der Waals surface area contributed by atoms with Gasteiger partial charge in [-0.2, -0.15) is 0 Å². The topological polar surface area (TPSA) is 58.2 Å². The third-order valence-electron chi connectivity index (χ3n) is 4.44. The van der Waals surface area contributed by atoms with Crippen LogP contribution in [0.2, 0.25) is 5.02 Å². The van der Waals surface area contributed by atoms with Gasteiger partial charge in [-0.25, -0.2) is 0 Å². The van der Waals surface area contributed by atoms with Crippen molar-refractivity contribution in [2.75, 3.05) is 10.6 Å². The van der Waals surface area contributed by atoms with Gasteiger partial charge < -0.3 is 10.6 Å². The minimum Gasteiger partial charge on any atom is -0.322 e. The molecule has 2 amide bonds. The molecule has 0 fully saturated rings. The number of rotatable bonds is 5. The normalized spacial score (nSPS) is 10.2. The van der Waals surface area contributed by atoms with Crippen LogP contribution in [0.4, 0.5) is 11.4 Å². The molecule has 0 aromatic heterocycles. The lowest BCUT2D eigenvalue weighted by molar-refractivity contribution is -0.118. The van der Waals surface area contributed by atoms with Gasteiger partial charge >= 0.3 is 0 Å². The highest BCUT2D eigenvalue weighted by Gasteiger charge is 2.20. The van der Waals surface area contributed by atoms with Crippen LogP contribution in [0.25, 0.3) is 6.08 Å². The molecule has 0 heterocycles. The third kappa shape index (κ3) is 5.33. The third-order valence-corrected chi connectivity index (χ3v) is 4.67. The van der Waals surface area contributed by atoms with Crippen molar-refractivity contribution in [1.82, 2.24) is 0 Å². The van der Waals surface area contributed by atoms with E-state index in [1.165, 1.54) is 6.08 Å². The van der Waals surface area contributed by atoms with E-state index in [0.29, 0.717) is 22.0 Å². The van der Waals surface area contributed by atoms with Gasteiger partial charge in [-0.15, -0.1) is 0 Å². The van der Waals surface area contributed by atoms with E-state index in [2.05, 4.69) is 10.6 Å². The van der Waals surface area contributed by atoms with E-state index >= 15 is 0 Å². The fourth-order valence-corrected chi connectivity index (χ4v) is 3.00. The molecule has 3 aromatic carbocycles. The van der Waals surface area contributed by atoms with Gasteiger partial charge in [0.05, 0.1) is 0 Å². The Morgan fingerprint density at radius 2 is 1.28 bits per heavy atom. The van der Waals surface area contributed by atoms with Gasteiger partial charge in [0.1, 0.15) is 5.57 Å². The molecule has 3 aromatic rings. The molecular formula is C24H21ClN2O2. The first-order chi connectivity index (χ1) is 13.9. The fraction of sp³-hybridized carbons (Fsp3) is 0.0833. The van der Waals surface area contributed by atoms with E-state index < -0.39 is 11.8 Å². The standard InChI is InChI=1S/C24H21ClN2O2/c1-16-8-3-5-12-21(16)26-23(28)20(15-18-10-7-11-19(25)14-18)24(29)27-22-13-6-4-9-17(22)2/h3-15H,1-2H3,(H,26,28)(H,27,29). The van der Waals surface area contributed by atoms with E-state index in [4.69, 9.17) is 11.6 Å². The van der Waals surface area contributed by atoms with Crippen molar-refractivity contribution in [3.63, 3.8) is 0 Å². The van der Waals surface area contributed by atoms with Gasteiger partial charge in [0, 0.05) is 16.4 Å². The van der Waals surface area contributed by atoms with Crippen LogP contribution in [0.15, 0.2) is 78.4 Å². The van der Waals surface area contributed by atoms with E-state index in [1.54, 1.807) is 36.4 Å². The summed E-state index contributed by atoms with van der Waals surface area (Å²) in [4.78, 5) is 26.0. The first-order valence-corrected chi connectivity index (χ1v) is 9.53. The Labute approximate surface area is 175 Å². The maximum Gasteiger partial charge on any atom is 0.261 e. The Balaban J connectivity index is 1.95. The molecular weight excluding hydrogens is 384 g/mol. The van der Waals surface area contributed by atoms with Crippen LogP contribution in [0.1, 0.15) is 16.7 Å². The molecule has 0 aliphatic rings. The van der Waals surface area contributed by atoms with Crippen molar-refractivity contribution >= 4 is 40.9 Å². The number of para-hydroxylation sites is 2. The Hall–Kier alpha value is -3.37. The average molecular weight is 405 g/mol. The van der Waals surface area contributed by atoms with Crippen molar-refractivity contribution in [3.05, 3.63) is 100 Å². The van der Waals surface area contributed by atoms with Gasteiger partial charge in [0.15, 0.2) is 0 Å². The number of hydrogen-bond donors (Lipinski definition) is 2. The maximum atomic E-state index is 13.0. The zero-order valence-electron chi connectivity index (χ0n) is 16.2. The summed E-state index contributed by atoms with van der Waals surface area (Å²) in [5.41, 5.74) is 3.76. The van der Waals surface area contributed by atoms with Crippen LogP contribution in [0, 0.1) is 13.8 Å². The molecule has 0 saturated heterocycles. The number of carbonyl (C=O) groups excluding carboxylic acids is 2. The van der Waals surface area contributed by atoms with Crippen molar-refractivity contribution in [2.24, 2.45) is 0 Å².